The van der Waals surface area contributed by atoms with Gasteiger partial charge in [0, 0.05) is 32.7 Å². The van der Waals surface area contributed by atoms with Gasteiger partial charge in [-0.2, -0.15) is 4.31 Å². The predicted octanol–water partition coefficient (Wildman–Crippen LogP) is 0.476. The molecule has 29 heavy (non-hydrogen) atoms. The lowest BCUT2D eigenvalue weighted by atomic mass is 10.0. The number of piperazine rings is 1. The quantitative estimate of drug-likeness (QED) is 0.743. The summed E-state index contributed by atoms with van der Waals surface area (Å²) in [7, 11) is -3.56. The van der Waals surface area contributed by atoms with E-state index in [9.17, 15) is 18.0 Å². The number of primary amides is 1. The van der Waals surface area contributed by atoms with E-state index in [1.807, 2.05) is 24.0 Å². The number of sulfonamides is 1. The second-order valence-electron chi connectivity index (χ2n) is 7.95. The summed E-state index contributed by atoms with van der Waals surface area (Å²) in [6, 6.07) is 4.91. The molecule has 2 heterocycles. The number of carbonyl (C=O) groups excluding carboxylic acids is 2. The van der Waals surface area contributed by atoms with E-state index < -0.39 is 22.0 Å². The largest absolute Gasteiger partial charge is 0.368 e. The van der Waals surface area contributed by atoms with Crippen molar-refractivity contribution < 1.29 is 18.0 Å². The lowest BCUT2D eigenvalue weighted by Crippen LogP contribution is -2.55. The van der Waals surface area contributed by atoms with Gasteiger partial charge in [0.1, 0.15) is 6.04 Å². The van der Waals surface area contributed by atoms with Crippen LogP contribution in [0.15, 0.2) is 23.1 Å². The lowest BCUT2D eigenvalue weighted by Gasteiger charge is -2.37. The van der Waals surface area contributed by atoms with E-state index in [-0.39, 0.29) is 12.5 Å². The number of rotatable bonds is 5. The number of likely N-dealkylation sites (tertiary alicyclic amines) is 1. The van der Waals surface area contributed by atoms with Crippen molar-refractivity contribution in [1.29, 1.82) is 0 Å². The van der Waals surface area contributed by atoms with Gasteiger partial charge in [0.2, 0.25) is 21.8 Å². The van der Waals surface area contributed by atoms with Crippen LogP contribution in [0.1, 0.15) is 30.4 Å². The van der Waals surface area contributed by atoms with Gasteiger partial charge in [0.05, 0.1) is 11.4 Å². The van der Waals surface area contributed by atoms with Crippen LogP contribution in [0.4, 0.5) is 0 Å². The third-order valence-corrected chi connectivity index (χ3v) is 7.84. The molecule has 1 atom stereocenters. The van der Waals surface area contributed by atoms with Gasteiger partial charge in [-0.3, -0.25) is 14.5 Å². The summed E-state index contributed by atoms with van der Waals surface area (Å²) in [5.41, 5.74) is 7.09. The first-order valence-electron chi connectivity index (χ1n) is 10.1. The fourth-order valence-electron chi connectivity index (χ4n) is 4.06. The van der Waals surface area contributed by atoms with E-state index in [4.69, 9.17) is 5.73 Å². The Morgan fingerprint density at radius 1 is 1.07 bits per heavy atom. The van der Waals surface area contributed by atoms with Gasteiger partial charge in [-0.15, -0.1) is 0 Å². The smallest absolute Gasteiger partial charge is 0.243 e. The van der Waals surface area contributed by atoms with Crippen LogP contribution in [0.3, 0.4) is 0 Å². The maximum absolute atomic E-state index is 13.0. The summed E-state index contributed by atoms with van der Waals surface area (Å²) >= 11 is 0. The highest BCUT2D eigenvalue weighted by Crippen LogP contribution is 2.23. The molecular formula is C20H30N4O4S. The summed E-state index contributed by atoms with van der Waals surface area (Å²) in [6.07, 6.45) is 2.38. The third-order valence-electron chi connectivity index (χ3n) is 5.80. The Balaban J connectivity index is 1.61. The molecule has 2 aliphatic rings. The summed E-state index contributed by atoms with van der Waals surface area (Å²) in [5.74, 6) is -0.568. The van der Waals surface area contributed by atoms with Crippen molar-refractivity contribution in [3.63, 3.8) is 0 Å². The Bertz CT molecular complexity index is 878. The number of amides is 2. The SMILES string of the molecule is Cc1ccc(C)c(S(=O)(=O)N2CCN(CC(=O)N3CCCC[C@@H]3C(N)=O)CC2)c1. The highest BCUT2D eigenvalue weighted by molar-refractivity contribution is 7.89. The molecular weight excluding hydrogens is 392 g/mol. The van der Waals surface area contributed by atoms with Crippen LogP contribution < -0.4 is 5.73 Å². The molecule has 0 spiro atoms. The highest BCUT2D eigenvalue weighted by atomic mass is 32.2. The van der Waals surface area contributed by atoms with Gasteiger partial charge in [0.25, 0.3) is 0 Å². The number of hydrogen-bond donors (Lipinski definition) is 1. The van der Waals surface area contributed by atoms with E-state index in [2.05, 4.69) is 0 Å². The summed E-state index contributed by atoms with van der Waals surface area (Å²) in [6.45, 7) is 6.03. The van der Waals surface area contributed by atoms with Gasteiger partial charge < -0.3 is 10.6 Å². The van der Waals surface area contributed by atoms with Crippen molar-refractivity contribution in [2.75, 3.05) is 39.3 Å². The number of benzene rings is 1. The van der Waals surface area contributed by atoms with Crippen LogP contribution in [-0.4, -0.2) is 79.6 Å². The molecule has 1 aromatic carbocycles. The van der Waals surface area contributed by atoms with Crippen molar-refractivity contribution in [2.24, 2.45) is 5.73 Å². The topological polar surface area (TPSA) is 104 Å². The molecule has 2 aliphatic heterocycles. The van der Waals surface area contributed by atoms with Crippen LogP contribution in [0.25, 0.3) is 0 Å². The molecule has 0 bridgehead atoms. The minimum atomic E-state index is -3.56. The van der Waals surface area contributed by atoms with Crippen LogP contribution in [0, 0.1) is 13.8 Å². The molecule has 3 rings (SSSR count). The van der Waals surface area contributed by atoms with E-state index in [1.54, 1.807) is 17.9 Å². The molecule has 2 saturated heterocycles. The molecule has 2 amide bonds. The monoisotopic (exact) mass is 422 g/mol. The van der Waals surface area contributed by atoms with Gasteiger partial charge in [-0.25, -0.2) is 8.42 Å². The van der Waals surface area contributed by atoms with E-state index in [1.165, 1.54) is 4.31 Å². The predicted molar refractivity (Wildman–Crippen MR) is 110 cm³/mol. The Labute approximate surface area is 172 Å². The van der Waals surface area contributed by atoms with Crippen LogP contribution in [0.2, 0.25) is 0 Å². The van der Waals surface area contributed by atoms with Gasteiger partial charge in [-0.05, 0) is 50.3 Å². The number of aryl methyl sites for hydroxylation is 2. The summed E-state index contributed by atoms with van der Waals surface area (Å²) in [5, 5.41) is 0. The second-order valence-corrected chi connectivity index (χ2v) is 9.86. The minimum Gasteiger partial charge on any atom is -0.368 e. The highest BCUT2D eigenvalue weighted by Gasteiger charge is 2.33. The average molecular weight is 423 g/mol. The number of nitrogens with two attached hydrogens (primary N) is 1. The van der Waals surface area contributed by atoms with Crippen molar-refractivity contribution in [3.05, 3.63) is 29.3 Å². The normalized spacial score (nSPS) is 21.9. The Morgan fingerprint density at radius 3 is 2.41 bits per heavy atom. The Kier molecular flexibility index (Phi) is 6.60. The number of nitrogens with zero attached hydrogens (tertiary/aromatic N) is 3. The molecule has 0 unspecified atom stereocenters. The fraction of sp³-hybridized carbons (Fsp3) is 0.600. The summed E-state index contributed by atoms with van der Waals surface area (Å²) < 4.78 is 27.6. The molecule has 2 fully saturated rings. The Morgan fingerprint density at radius 2 is 1.76 bits per heavy atom. The zero-order valence-electron chi connectivity index (χ0n) is 17.1. The molecule has 160 valence electrons. The standard InChI is InChI=1S/C20H30N4O4S/c1-15-6-7-16(2)18(13-15)29(27,28)23-11-9-22(10-12-23)14-19(25)24-8-4-3-5-17(24)20(21)26/h6-7,13,17H,3-5,8-12,14H2,1-2H3,(H2,21,26)/t17-/m1/s1. The number of hydrogen-bond acceptors (Lipinski definition) is 5. The van der Waals surface area contributed by atoms with Crippen LogP contribution in [0.5, 0.6) is 0 Å². The molecule has 8 nitrogen and oxygen atoms in total. The first kappa shape index (κ1) is 21.7. The first-order valence-corrected chi connectivity index (χ1v) is 11.5. The zero-order chi connectivity index (χ0) is 21.2. The number of piperidine rings is 1. The van der Waals surface area contributed by atoms with E-state index in [0.717, 1.165) is 24.0 Å². The van der Waals surface area contributed by atoms with Crippen molar-refractivity contribution in [1.82, 2.24) is 14.1 Å². The zero-order valence-corrected chi connectivity index (χ0v) is 18.0. The van der Waals surface area contributed by atoms with Crippen molar-refractivity contribution in [3.8, 4) is 0 Å². The maximum atomic E-state index is 13.0. The molecule has 9 heteroatoms. The maximum Gasteiger partial charge on any atom is 0.243 e. The minimum absolute atomic E-state index is 0.112. The molecule has 0 saturated carbocycles. The first-order chi connectivity index (χ1) is 13.7. The fourth-order valence-corrected chi connectivity index (χ4v) is 5.79. The van der Waals surface area contributed by atoms with Gasteiger partial charge in [-0.1, -0.05) is 12.1 Å². The molecule has 0 aromatic heterocycles. The van der Waals surface area contributed by atoms with E-state index >= 15 is 0 Å². The summed E-state index contributed by atoms with van der Waals surface area (Å²) in [4.78, 5) is 28.2. The molecule has 1 aromatic rings. The van der Waals surface area contributed by atoms with E-state index in [0.29, 0.717) is 44.0 Å². The van der Waals surface area contributed by atoms with Crippen LogP contribution in [-0.2, 0) is 19.6 Å². The molecule has 0 aliphatic carbocycles. The number of carbonyl (C=O) groups is 2. The molecule has 0 radical (unpaired) electrons. The average Bonchev–Trinajstić information content (AvgIpc) is 2.70. The van der Waals surface area contributed by atoms with Gasteiger partial charge in [0.15, 0.2) is 0 Å². The Hall–Kier alpha value is -1.97. The van der Waals surface area contributed by atoms with Crippen molar-refractivity contribution >= 4 is 21.8 Å². The second kappa shape index (κ2) is 8.81. The van der Waals surface area contributed by atoms with Crippen LogP contribution >= 0.6 is 0 Å². The molecule has 2 N–H and O–H groups in total. The third kappa shape index (κ3) is 4.79. The van der Waals surface area contributed by atoms with Crippen molar-refractivity contribution in [2.45, 2.75) is 44.0 Å². The van der Waals surface area contributed by atoms with Gasteiger partial charge >= 0.3 is 0 Å². The lowest BCUT2D eigenvalue weighted by molar-refractivity contribution is -0.142.